The number of anilines is 1. The molecule has 1 N–H and O–H groups in total. The molecule has 1 atom stereocenters. The van der Waals surface area contributed by atoms with E-state index >= 15 is 0 Å². The van der Waals surface area contributed by atoms with Crippen LogP contribution < -0.4 is 10.1 Å². The van der Waals surface area contributed by atoms with Gasteiger partial charge in [0, 0.05) is 12.2 Å². The van der Waals surface area contributed by atoms with Crippen LogP contribution in [-0.2, 0) is 14.8 Å². The summed E-state index contributed by atoms with van der Waals surface area (Å²) >= 11 is 0. The maximum Gasteiger partial charge on any atom is 0.243 e. The topological polar surface area (TPSA) is 75.7 Å². The Balaban J connectivity index is 1.77. The van der Waals surface area contributed by atoms with Crippen LogP contribution in [0, 0.1) is 0 Å². The summed E-state index contributed by atoms with van der Waals surface area (Å²) in [5.74, 6) is 0.370. The number of ether oxygens (including phenoxy) is 1. The third-order valence-electron chi connectivity index (χ3n) is 4.21. The zero-order valence-corrected chi connectivity index (χ0v) is 14.7. The van der Waals surface area contributed by atoms with E-state index in [1.807, 2.05) is 0 Å². The van der Waals surface area contributed by atoms with Crippen molar-refractivity contribution in [2.45, 2.75) is 23.8 Å². The van der Waals surface area contributed by atoms with E-state index in [9.17, 15) is 13.2 Å². The molecule has 2 aromatic rings. The molecule has 1 saturated heterocycles. The van der Waals surface area contributed by atoms with E-state index in [0.717, 1.165) is 0 Å². The van der Waals surface area contributed by atoms with Gasteiger partial charge in [-0.1, -0.05) is 18.2 Å². The maximum absolute atomic E-state index is 12.8. The number of hydrogen-bond donors (Lipinski definition) is 1. The summed E-state index contributed by atoms with van der Waals surface area (Å²) in [5, 5.41) is 2.79. The fraction of sp³-hybridized carbons (Fsp3) is 0.278. The van der Waals surface area contributed by atoms with Gasteiger partial charge in [0.2, 0.25) is 15.9 Å². The summed E-state index contributed by atoms with van der Waals surface area (Å²) in [5.41, 5.74) is 0.606. The van der Waals surface area contributed by atoms with Crippen molar-refractivity contribution in [2.24, 2.45) is 0 Å². The van der Waals surface area contributed by atoms with Gasteiger partial charge >= 0.3 is 0 Å². The lowest BCUT2D eigenvalue weighted by Gasteiger charge is -2.23. The summed E-state index contributed by atoms with van der Waals surface area (Å²) < 4.78 is 32.0. The van der Waals surface area contributed by atoms with Crippen LogP contribution in [0.25, 0.3) is 0 Å². The Morgan fingerprint density at radius 3 is 2.44 bits per heavy atom. The van der Waals surface area contributed by atoms with E-state index < -0.39 is 16.1 Å². The average molecular weight is 360 g/mol. The quantitative estimate of drug-likeness (QED) is 0.889. The molecule has 132 valence electrons. The van der Waals surface area contributed by atoms with Crippen molar-refractivity contribution in [2.75, 3.05) is 19.0 Å². The number of rotatable bonds is 5. The Hall–Kier alpha value is -2.38. The van der Waals surface area contributed by atoms with Crippen LogP contribution in [0.3, 0.4) is 0 Å². The minimum absolute atomic E-state index is 0.208. The molecule has 6 nitrogen and oxygen atoms in total. The van der Waals surface area contributed by atoms with Crippen molar-refractivity contribution in [3.8, 4) is 5.75 Å². The number of benzene rings is 2. The van der Waals surface area contributed by atoms with Gasteiger partial charge in [0.1, 0.15) is 11.8 Å². The van der Waals surface area contributed by atoms with Gasteiger partial charge in [-0.2, -0.15) is 4.31 Å². The van der Waals surface area contributed by atoms with Gasteiger partial charge in [0.15, 0.2) is 0 Å². The lowest BCUT2D eigenvalue weighted by atomic mass is 10.2. The lowest BCUT2D eigenvalue weighted by molar-refractivity contribution is -0.119. The predicted molar refractivity (Wildman–Crippen MR) is 95.0 cm³/mol. The zero-order chi connectivity index (χ0) is 17.9. The van der Waals surface area contributed by atoms with Crippen LogP contribution in [-0.4, -0.2) is 38.3 Å². The van der Waals surface area contributed by atoms with Crippen molar-refractivity contribution in [3.63, 3.8) is 0 Å². The number of carbonyl (C=O) groups excluding carboxylic acids is 1. The first-order valence-corrected chi connectivity index (χ1v) is 9.48. The lowest BCUT2D eigenvalue weighted by Crippen LogP contribution is -2.43. The van der Waals surface area contributed by atoms with Gasteiger partial charge in [-0.05, 0) is 49.2 Å². The SMILES string of the molecule is COc1ccc(NC(=O)C2CCCN2S(=O)(=O)c2ccccc2)cc1. The highest BCUT2D eigenvalue weighted by atomic mass is 32.2. The van der Waals surface area contributed by atoms with Crippen LogP contribution >= 0.6 is 0 Å². The molecule has 3 rings (SSSR count). The summed E-state index contributed by atoms with van der Waals surface area (Å²) in [6.07, 6.45) is 1.17. The first-order valence-electron chi connectivity index (χ1n) is 8.04. The molecule has 1 amide bonds. The number of nitrogens with one attached hydrogen (secondary N) is 1. The fourth-order valence-electron chi connectivity index (χ4n) is 2.92. The Labute approximate surface area is 147 Å². The van der Waals surface area contributed by atoms with E-state index in [1.54, 1.807) is 61.7 Å². The van der Waals surface area contributed by atoms with Gasteiger partial charge in [0.05, 0.1) is 12.0 Å². The molecule has 0 bridgehead atoms. The van der Waals surface area contributed by atoms with Gasteiger partial charge in [0.25, 0.3) is 0 Å². The number of amides is 1. The molecular weight excluding hydrogens is 340 g/mol. The van der Waals surface area contributed by atoms with Crippen molar-refractivity contribution in [3.05, 3.63) is 54.6 Å². The standard InChI is InChI=1S/C18H20N2O4S/c1-24-15-11-9-14(10-12-15)19-18(21)17-8-5-13-20(17)25(22,23)16-6-3-2-4-7-16/h2-4,6-7,9-12,17H,5,8,13H2,1H3,(H,19,21). The molecule has 1 aliphatic heterocycles. The van der Waals surface area contributed by atoms with Gasteiger partial charge in [-0.15, -0.1) is 0 Å². The van der Waals surface area contributed by atoms with Crippen LogP contribution in [0.2, 0.25) is 0 Å². The highest BCUT2D eigenvalue weighted by molar-refractivity contribution is 7.89. The number of carbonyl (C=O) groups is 1. The minimum Gasteiger partial charge on any atom is -0.497 e. The Morgan fingerprint density at radius 1 is 1.12 bits per heavy atom. The molecule has 0 radical (unpaired) electrons. The maximum atomic E-state index is 12.8. The molecule has 1 fully saturated rings. The largest absolute Gasteiger partial charge is 0.497 e. The molecule has 1 heterocycles. The number of methoxy groups -OCH3 is 1. The molecule has 25 heavy (non-hydrogen) atoms. The van der Waals surface area contributed by atoms with E-state index in [-0.39, 0.29) is 10.8 Å². The molecule has 0 saturated carbocycles. The Bertz CT molecular complexity index is 835. The summed E-state index contributed by atoms with van der Waals surface area (Å²) in [4.78, 5) is 12.8. The van der Waals surface area contributed by atoms with E-state index in [4.69, 9.17) is 4.74 Å². The first-order chi connectivity index (χ1) is 12.0. The number of sulfonamides is 1. The second-order valence-electron chi connectivity index (χ2n) is 5.80. The first kappa shape index (κ1) is 17.4. The predicted octanol–water partition coefficient (Wildman–Crippen LogP) is 2.49. The van der Waals surface area contributed by atoms with Crippen molar-refractivity contribution in [1.29, 1.82) is 0 Å². The highest BCUT2D eigenvalue weighted by Gasteiger charge is 2.39. The Kier molecular flexibility index (Phi) is 5.06. The molecule has 1 aliphatic rings. The molecule has 2 aromatic carbocycles. The van der Waals surface area contributed by atoms with Gasteiger partial charge in [-0.3, -0.25) is 4.79 Å². The molecule has 0 spiro atoms. The minimum atomic E-state index is -3.68. The van der Waals surface area contributed by atoms with Crippen molar-refractivity contribution >= 4 is 21.6 Å². The van der Waals surface area contributed by atoms with E-state index in [2.05, 4.69) is 5.32 Å². The molecule has 1 unspecified atom stereocenters. The van der Waals surface area contributed by atoms with Crippen LogP contribution in [0.5, 0.6) is 5.75 Å². The summed E-state index contributed by atoms with van der Waals surface area (Å²) in [6.45, 7) is 0.345. The average Bonchev–Trinajstić information content (AvgIpc) is 3.14. The van der Waals surface area contributed by atoms with E-state index in [0.29, 0.717) is 30.8 Å². The Morgan fingerprint density at radius 2 is 1.80 bits per heavy atom. The smallest absolute Gasteiger partial charge is 0.243 e. The zero-order valence-electron chi connectivity index (χ0n) is 13.9. The van der Waals surface area contributed by atoms with Crippen LogP contribution in [0.15, 0.2) is 59.5 Å². The molecule has 7 heteroatoms. The molecule has 0 aromatic heterocycles. The highest BCUT2D eigenvalue weighted by Crippen LogP contribution is 2.27. The molecular formula is C18H20N2O4S. The van der Waals surface area contributed by atoms with E-state index in [1.165, 1.54) is 4.31 Å². The second-order valence-corrected chi connectivity index (χ2v) is 7.70. The van der Waals surface area contributed by atoms with Crippen LogP contribution in [0.4, 0.5) is 5.69 Å². The third-order valence-corrected chi connectivity index (χ3v) is 6.14. The third kappa shape index (κ3) is 3.67. The summed E-state index contributed by atoms with van der Waals surface area (Å²) in [6, 6.07) is 14.4. The van der Waals surface area contributed by atoms with Gasteiger partial charge < -0.3 is 10.1 Å². The number of nitrogens with zero attached hydrogens (tertiary/aromatic N) is 1. The second kappa shape index (κ2) is 7.25. The summed E-state index contributed by atoms with van der Waals surface area (Å²) in [7, 11) is -2.12. The normalized spacial score (nSPS) is 18.0. The fourth-order valence-corrected chi connectivity index (χ4v) is 4.60. The van der Waals surface area contributed by atoms with Gasteiger partial charge in [-0.25, -0.2) is 8.42 Å². The van der Waals surface area contributed by atoms with Crippen LogP contribution in [0.1, 0.15) is 12.8 Å². The van der Waals surface area contributed by atoms with Crippen molar-refractivity contribution in [1.82, 2.24) is 4.31 Å². The number of hydrogen-bond acceptors (Lipinski definition) is 4. The monoisotopic (exact) mass is 360 g/mol. The molecule has 0 aliphatic carbocycles. The van der Waals surface area contributed by atoms with Crippen molar-refractivity contribution < 1.29 is 17.9 Å².